The number of unbranched alkanes of at least 4 members (excludes halogenated alkanes) is 9. The SMILES string of the molecule is CCCCCCCCCc1ccc(OCCOCCOCCOCCOCCOCCOCCOCCOCCOCCCCCCI)cc1. The maximum atomic E-state index is 5.79. The van der Waals surface area contributed by atoms with Gasteiger partial charge in [0.2, 0.25) is 0 Å². The summed E-state index contributed by atoms with van der Waals surface area (Å²) in [6.45, 7) is 12.9. The first-order chi connectivity index (χ1) is 24.9. The second-order valence-corrected chi connectivity index (χ2v) is 13.1. The molecule has 0 saturated carbocycles. The van der Waals surface area contributed by atoms with Crippen molar-refractivity contribution in [2.75, 3.05) is 130 Å². The minimum atomic E-state index is 0.526. The number of ether oxygens (including phenoxy) is 10. The van der Waals surface area contributed by atoms with E-state index in [0.717, 1.165) is 25.2 Å². The van der Waals surface area contributed by atoms with Gasteiger partial charge in [-0.15, -0.1) is 0 Å². The molecule has 0 heterocycles. The van der Waals surface area contributed by atoms with Gasteiger partial charge in [-0.1, -0.05) is 93.0 Å². The minimum absolute atomic E-state index is 0.526. The van der Waals surface area contributed by atoms with E-state index in [0.29, 0.717) is 119 Å². The van der Waals surface area contributed by atoms with Gasteiger partial charge in [0, 0.05) is 6.61 Å². The van der Waals surface area contributed by atoms with Crippen LogP contribution >= 0.6 is 22.6 Å². The van der Waals surface area contributed by atoms with E-state index in [9.17, 15) is 0 Å². The van der Waals surface area contributed by atoms with Crippen LogP contribution in [-0.2, 0) is 49.1 Å². The van der Waals surface area contributed by atoms with Gasteiger partial charge in [-0.05, 0) is 47.8 Å². The van der Waals surface area contributed by atoms with E-state index < -0.39 is 0 Å². The van der Waals surface area contributed by atoms with Crippen molar-refractivity contribution in [1.29, 1.82) is 0 Å². The molecule has 1 aromatic carbocycles. The third-order valence-corrected chi connectivity index (χ3v) is 8.40. The molecule has 0 amide bonds. The van der Waals surface area contributed by atoms with Crippen molar-refractivity contribution in [2.45, 2.75) is 84.0 Å². The molecule has 10 nitrogen and oxygen atoms in total. The Hall–Kier alpha value is -0.610. The van der Waals surface area contributed by atoms with E-state index in [1.165, 1.54) is 74.2 Å². The van der Waals surface area contributed by atoms with E-state index in [2.05, 4.69) is 53.8 Å². The van der Waals surface area contributed by atoms with E-state index in [-0.39, 0.29) is 0 Å². The quantitative estimate of drug-likeness (QED) is 0.0375. The predicted octanol–water partition coefficient (Wildman–Crippen LogP) is 7.50. The van der Waals surface area contributed by atoms with E-state index in [1.807, 2.05) is 0 Å². The summed E-state index contributed by atoms with van der Waals surface area (Å²) >= 11 is 2.42. The molecule has 0 atom stereocenters. The lowest BCUT2D eigenvalue weighted by atomic mass is 10.0. The van der Waals surface area contributed by atoms with E-state index in [1.54, 1.807) is 0 Å². The Morgan fingerprint density at radius 2 is 0.700 bits per heavy atom. The molecule has 0 N–H and O–H groups in total. The van der Waals surface area contributed by atoms with Gasteiger partial charge in [0.25, 0.3) is 0 Å². The fraction of sp³-hybridized carbons (Fsp3) is 0.846. The van der Waals surface area contributed by atoms with Gasteiger partial charge in [-0.3, -0.25) is 0 Å². The summed E-state index contributed by atoms with van der Waals surface area (Å²) in [5.74, 6) is 0.891. The standard InChI is InChI=1S/C39H71IO10/c1-2-3-4-5-6-7-10-13-38-14-16-39(17-15-38)50-37-36-49-35-34-48-33-32-47-31-30-46-29-28-45-27-26-44-25-24-43-23-22-42-21-20-41-19-12-9-8-11-18-40/h14-17H,2-13,18-37H2,1H3. The number of alkyl halides is 1. The summed E-state index contributed by atoms with van der Waals surface area (Å²) in [6.07, 6.45) is 15.5. The van der Waals surface area contributed by atoms with E-state index in [4.69, 9.17) is 47.4 Å². The van der Waals surface area contributed by atoms with Crippen LogP contribution in [0.4, 0.5) is 0 Å². The van der Waals surface area contributed by atoms with Crippen LogP contribution in [0.1, 0.15) is 83.1 Å². The average Bonchev–Trinajstić information content (AvgIpc) is 3.13. The van der Waals surface area contributed by atoms with Crippen LogP contribution < -0.4 is 4.74 Å². The molecule has 0 spiro atoms. The zero-order valence-electron chi connectivity index (χ0n) is 31.4. The fourth-order valence-electron chi connectivity index (χ4n) is 4.77. The summed E-state index contributed by atoms with van der Waals surface area (Å²) in [6, 6.07) is 8.47. The van der Waals surface area contributed by atoms with Crippen LogP contribution in [0.25, 0.3) is 0 Å². The second kappa shape index (κ2) is 41.2. The van der Waals surface area contributed by atoms with Crippen LogP contribution in [0.3, 0.4) is 0 Å². The first kappa shape index (κ1) is 47.4. The molecule has 0 unspecified atom stereocenters. The normalized spacial score (nSPS) is 11.5. The van der Waals surface area contributed by atoms with Gasteiger partial charge in [-0.25, -0.2) is 0 Å². The molecule has 1 rings (SSSR count). The molecule has 50 heavy (non-hydrogen) atoms. The first-order valence-corrected chi connectivity index (χ1v) is 20.9. The highest BCUT2D eigenvalue weighted by Gasteiger charge is 1.99. The Kier molecular flexibility index (Phi) is 39.0. The third kappa shape index (κ3) is 35.8. The van der Waals surface area contributed by atoms with Crippen molar-refractivity contribution >= 4 is 22.6 Å². The molecule has 294 valence electrons. The zero-order valence-corrected chi connectivity index (χ0v) is 33.6. The highest BCUT2D eigenvalue weighted by Crippen LogP contribution is 2.15. The number of hydrogen-bond acceptors (Lipinski definition) is 10. The minimum Gasteiger partial charge on any atom is -0.491 e. The Morgan fingerprint density at radius 1 is 0.360 bits per heavy atom. The maximum absolute atomic E-state index is 5.79. The zero-order chi connectivity index (χ0) is 35.7. The highest BCUT2D eigenvalue weighted by atomic mass is 127. The van der Waals surface area contributed by atoms with E-state index >= 15 is 0 Å². The van der Waals surface area contributed by atoms with Gasteiger partial charge in [0.1, 0.15) is 12.4 Å². The number of hydrogen-bond donors (Lipinski definition) is 0. The molecule has 0 saturated heterocycles. The van der Waals surface area contributed by atoms with Gasteiger partial charge < -0.3 is 47.4 Å². The number of halogens is 1. The van der Waals surface area contributed by atoms with Crippen molar-refractivity contribution in [1.82, 2.24) is 0 Å². The van der Waals surface area contributed by atoms with Crippen molar-refractivity contribution < 1.29 is 47.4 Å². The molecule has 11 heteroatoms. The van der Waals surface area contributed by atoms with Gasteiger partial charge in [-0.2, -0.15) is 0 Å². The molecule has 0 aliphatic carbocycles. The van der Waals surface area contributed by atoms with Gasteiger partial charge in [0.05, 0.1) is 112 Å². The lowest BCUT2D eigenvalue weighted by molar-refractivity contribution is -0.0254. The van der Waals surface area contributed by atoms with Crippen LogP contribution in [-0.4, -0.2) is 130 Å². The monoisotopic (exact) mass is 826 g/mol. The number of aryl methyl sites for hydroxylation is 1. The number of rotatable bonds is 42. The summed E-state index contributed by atoms with van der Waals surface area (Å²) in [5, 5.41) is 0. The Labute approximate surface area is 318 Å². The lowest BCUT2D eigenvalue weighted by Crippen LogP contribution is -2.15. The molecule has 0 fully saturated rings. The van der Waals surface area contributed by atoms with Crippen molar-refractivity contribution in [3.05, 3.63) is 29.8 Å². The molecule has 0 radical (unpaired) electrons. The lowest BCUT2D eigenvalue weighted by Gasteiger charge is -2.09. The average molecular weight is 827 g/mol. The molecular formula is C39H71IO10. The molecule has 0 aliphatic heterocycles. The van der Waals surface area contributed by atoms with Gasteiger partial charge >= 0.3 is 0 Å². The second-order valence-electron chi connectivity index (χ2n) is 12.0. The molecule has 1 aromatic rings. The van der Waals surface area contributed by atoms with Crippen LogP contribution in [0.2, 0.25) is 0 Å². The molecule has 0 bridgehead atoms. The van der Waals surface area contributed by atoms with Crippen LogP contribution in [0.5, 0.6) is 5.75 Å². The first-order valence-electron chi connectivity index (χ1n) is 19.3. The van der Waals surface area contributed by atoms with Crippen molar-refractivity contribution in [3.63, 3.8) is 0 Å². The fourth-order valence-corrected chi connectivity index (χ4v) is 5.31. The largest absolute Gasteiger partial charge is 0.491 e. The Balaban J connectivity index is 1.69. The molecule has 0 aliphatic rings. The van der Waals surface area contributed by atoms with Gasteiger partial charge in [0.15, 0.2) is 0 Å². The third-order valence-electron chi connectivity index (χ3n) is 7.64. The van der Waals surface area contributed by atoms with Crippen LogP contribution in [0, 0.1) is 0 Å². The highest BCUT2D eigenvalue weighted by molar-refractivity contribution is 14.1. The maximum Gasteiger partial charge on any atom is 0.119 e. The van der Waals surface area contributed by atoms with Crippen molar-refractivity contribution in [3.8, 4) is 5.75 Å². The Morgan fingerprint density at radius 3 is 1.12 bits per heavy atom. The molecule has 0 aromatic heterocycles. The van der Waals surface area contributed by atoms with Crippen molar-refractivity contribution in [2.24, 2.45) is 0 Å². The summed E-state index contributed by atoms with van der Waals surface area (Å²) in [5.41, 5.74) is 1.38. The number of benzene rings is 1. The van der Waals surface area contributed by atoms with Crippen LogP contribution in [0.15, 0.2) is 24.3 Å². The summed E-state index contributed by atoms with van der Waals surface area (Å²) in [4.78, 5) is 0. The molecular weight excluding hydrogens is 755 g/mol. The Bertz CT molecular complexity index is 774. The summed E-state index contributed by atoms with van der Waals surface area (Å²) < 4.78 is 56.8. The predicted molar refractivity (Wildman–Crippen MR) is 208 cm³/mol. The smallest absolute Gasteiger partial charge is 0.119 e. The summed E-state index contributed by atoms with van der Waals surface area (Å²) in [7, 11) is 0. The topological polar surface area (TPSA) is 92.3 Å².